The van der Waals surface area contributed by atoms with Crippen LogP contribution in [0.25, 0.3) is 0 Å². The summed E-state index contributed by atoms with van der Waals surface area (Å²) in [5.74, 6) is -0.743. The number of quaternary nitrogens is 1. The zero-order valence-electron chi connectivity index (χ0n) is 12.8. The van der Waals surface area contributed by atoms with Gasteiger partial charge in [0.25, 0.3) is 0 Å². The van der Waals surface area contributed by atoms with Crippen molar-refractivity contribution >= 4 is 23.4 Å². The summed E-state index contributed by atoms with van der Waals surface area (Å²) in [7, 11) is 0. The molecule has 0 unspecified atom stereocenters. The molecule has 1 aliphatic rings. The Morgan fingerprint density at radius 2 is 1.81 bits per heavy atom. The maximum Gasteiger partial charge on any atom is 0.146 e. The average Bonchev–Trinajstić information content (AvgIpc) is 3.28. The van der Waals surface area contributed by atoms with Crippen LogP contribution in [0, 0.1) is 0 Å². The summed E-state index contributed by atoms with van der Waals surface area (Å²) >= 11 is 5.61. The predicted molar refractivity (Wildman–Crippen MR) is 80.3 cm³/mol. The quantitative estimate of drug-likeness (QED) is 0.790. The van der Waals surface area contributed by atoms with Gasteiger partial charge in [-0.2, -0.15) is 0 Å². The highest BCUT2D eigenvalue weighted by atomic mass is 35.5. The highest BCUT2D eigenvalue weighted by Gasteiger charge is 2.28. The first-order valence-corrected chi connectivity index (χ1v) is 7.70. The van der Waals surface area contributed by atoms with Crippen molar-refractivity contribution in [1.29, 1.82) is 0 Å². The van der Waals surface area contributed by atoms with E-state index in [0.717, 1.165) is 12.8 Å². The molecular weight excluding hydrogens is 292 g/mol. The zero-order valence-corrected chi connectivity index (χ0v) is 13.5. The van der Waals surface area contributed by atoms with E-state index in [1.165, 1.54) is 19.6 Å². The number of hydrogen-bond acceptors (Lipinski definition) is 5. The Hall–Kier alpha value is -1.40. The van der Waals surface area contributed by atoms with E-state index in [4.69, 9.17) is 17.3 Å². The Bertz CT molecular complexity index is 483. The van der Waals surface area contributed by atoms with Gasteiger partial charge in [0.05, 0.1) is 25.6 Å². The van der Waals surface area contributed by atoms with Crippen LogP contribution in [-0.4, -0.2) is 35.6 Å². The lowest BCUT2D eigenvalue weighted by atomic mass is 10.3. The Labute approximate surface area is 130 Å². The minimum atomic E-state index is -1.42. The van der Waals surface area contributed by atoms with Crippen molar-refractivity contribution in [3.63, 3.8) is 0 Å². The van der Waals surface area contributed by atoms with Crippen molar-refractivity contribution < 1.29 is 14.8 Å². The number of hydrogen-bond donors (Lipinski definition) is 2. The van der Waals surface area contributed by atoms with E-state index in [0.29, 0.717) is 5.82 Å². The number of carboxylic acid groups (broad SMARTS) is 1. The standard InChI is InChI=1S/C8H8ClN3O2.C6H15N/c9-4-5(8(13)14)11-7(3-1-2-3)12-6(4)10;1-4-7(5-2)6-3/h3H,1-2H2,(H,13,14)(H2,10,11,12);4-6H2,1-3H3. The van der Waals surface area contributed by atoms with E-state index >= 15 is 0 Å². The molecule has 3 N–H and O–H groups in total. The number of nitrogens with zero attached hydrogens (tertiary/aromatic N) is 2. The topological polar surface area (TPSA) is 96.4 Å². The number of aromatic nitrogens is 2. The monoisotopic (exact) mass is 314 g/mol. The van der Waals surface area contributed by atoms with E-state index in [9.17, 15) is 9.90 Å². The van der Waals surface area contributed by atoms with Gasteiger partial charge in [-0.05, 0) is 33.6 Å². The molecule has 0 aliphatic heterocycles. The van der Waals surface area contributed by atoms with Crippen molar-refractivity contribution in [1.82, 2.24) is 9.97 Å². The van der Waals surface area contributed by atoms with Crippen LogP contribution in [0.1, 0.15) is 55.8 Å². The van der Waals surface area contributed by atoms with E-state index in [-0.39, 0.29) is 22.5 Å². The minimum absolute atomic E-state index is 0.00256. The smallest absolute Gasteiger partial charge is 0.146 e. The van der Waals surface area contributed by atoms with Gasteiger partial charge in [0, 0.05) is 5.92 Å². The van der Waals surface area contributed by atoms with Crippen molar-refractivity contribution in [2.75, 3.05) is 25.4 Å². The van der Waals surface area contributed by atoms with Crippen LogP contribution in [0.5, 0.6) is 0 Å². The lowest BCUT2D eigenvalue weighted by Crippen LogP contribution is -3.11. The molecule has 1 aromatic heterocycles. The molecule has 0 spiro atoms. The first kappa shape index (κ1) is 17.7. The van der Waals surface area contributed by atoms with Crippen LogP contribution in [0.15, 0.2) is 0 Å². The molecule has 1 fully saturated rings. The van der Waals surface area contributed by atoms with Gasteiger partial charge >= 0.3 is 0 Å². The molecule has 7 heteroatoms. The van der Waals surface area contributed by atoms with E-state index < -0.39 is 5.97 Å². The van der Waals surface area contributed by atoms with Gasteiger partial charge in [-0.3, -0.25) is 0 Å². The van der Waals surface area contributed by atoms with Crippen LogP contribution < -0.4 is 15.7 Å². The lowest BCUT2D eigenvalue weighted by molar-refractivity contribution is -0.894. The Morgan fingerprint density at radius 3 is 2.14 bits per heavy atom. The average molecular weight is 315 g/mol. The van der Waals surface area contributed by atoms with Crippen molar-refractivity contribution in [3.8, 4) is 0 Å². The molecule has 1 heterocycles. The van der Waals surface area contributed by atoms with Gasteiger partial charge < -0.3 is 20.5 Å². The Kier molecular flexibility index (Phi) is 6.84. The summed E-state index contributed by atoms with van der Waals surface area (Å²) in [5.41, 5.74) is 5.13. The highest BCUT2D eigenvalue weighted by Crippen LogP contribution is 2.39. The Morgan fingerprint density at radius 1 is 1.29 bits per heavy atom. The van der Waals surface area contributed by atoms with Gasteiger partial charge in [0.2, 0.25) is 0 Å². The molecule has 0 bridgehead atoms. The number of carbonyl (C=O) groups excluding carboxylic acids is 1. The summed E-state index contributed by atoms with van der Waals surface area (Å²) in [5, 5.41) is 10.5. The fourth-order valence-corrected chi connectivity index (χ4v) is 2.05. The molecule has 1 saturated carbocycles. The predicted octanol–water partition coefficient (Wildman–Crippen LogP) is -0.116. The Balaban J connectivity index is 0.000000270. The second-order valence-electron chi connectivity index (χ2n) is 5.00. The van der Waals surface area contributed by atoms with Crippen LogP contribution in [0.4, 0.5) is 5.82 Å². The van der Waals surface area contributed by atoms with Crippen LogP contribution in [0.3, 0.4) is 0 Å². The molecule has 2 rings (SSSR count). The van der Waals surface area contributed by atoms with Gasteiger partial charge in [-0.1, -0.05) is 11.6 Å². The normalized spacial score (nSPS) is 13.8. The van der Waals surface area contributed by atoms with E-state index in [1.807, 2.05) is 0 Å². The lowest BCUT2D eigenvalue weighted by Gasteiger charge is -2.10. The molecule has 1 aliphatic carbocycles. The summed E-state index contributed by atoms with van der Waals surface area (Å²) in [6, 6.07) is 0. The number of halogens is 1. The first-order chi connectivity index (χ1) is 9.94. The maximum absolute atomic E-state index is 10.6. The number of carbonyl (C=O) groups is 1. The number of rotatable bonds is 5. The van der Waals surface area contributed by atoms with Gasteiger partial charge in [-0.25, -0.2) is 9.97 Å². The molecule has 0 amide bonds. The summed E-state index contributed by atoms with van der Waals surface area (Å²) in [6.45, 7) is 10.5. The van der Waals surface area contributed by atoms with Gasteiger partial charge in [-0.15, -0.1) is 0 Å². The molecule has 118 valence electrons. The summed E-state index contributed by atoms with van der Waals surface area (Å²) in [6.07, 6.45) is 1.93. The summed E-state index contributed by atoms with van der Waals surface area (Å²) in [4.78, 5) is 20.0. The van der Waals surface area contributed by atoms with Crippen molar-refractivity contribution in [3.05, 3.63) is 16.5 Å². The number of carboxylic acids is 1. The third-order valence-electron chi connectivity index (χ3n) is 3.53. The van der Waals surface area contributed by atoms with Crippen LogP contribution in [0.2, 0.25) is 5.02 Å². The molecule has 6 nitrogen and oxygen atoms in total. The van der Waals surface area contributed by atoms with Crippen molar-refractivity contribution in [2.45, 2.75) is 39.5 Å². The highest BCUT2D eigenvalue weighted by molar-refractivity contribution is 6.35. The third kappa shape index (κ3) is 5.13. The maximum atomic E-state index is 10.6. The molecule has 0 aromatic carbocycles. The van der Waals surface area contributed by atoms with E-state index in [1.54, 1.807) is 4.90 Å². The number of anilines is 1. The van der Waals surface area contributed by atoms with Crippen molar-refractivity contribution in [2.24, 2.45) is 0 Å². The molecule has 0 radical (unpaired) electrons. The molecule has 0 atom stereocenters. The zero-order chi connectivity index (χ0) is 16.0. The second-order valence-corrected chi connectivity index (χ2v) is 5.38. The second kappa shape index (κ2) is 8.14. The molecule has 0 saturated heterocycles. The number of nitrogens with two attached hydrogens (primary N) is 1. The van der Waals surface area contributed by atoms with E-state index in [2.05, 4.69) is 30.7 Å². The number of aromatic carboxylic acids is 1. The third-order valence-corrected chi connectivity index (χ3v) is 3.90. The fraction of sp³-hybridized carbons (Fsp3) is 0.643. The number of nitrogen functional groups attached to an aromatic ring is 1. The fourth-order valence-electron chi connectivity index (χ4n) is 1.89. The molecule has 21 heavy (non-hydrogen) atoms. The van der Waals surface area contributed by atoms with Crippen LogP contribution in [-0.2, 0) is 0 Å². The van der Waals surface area contributed by atoms with Crippen LogP contribution >= 0.6 is 11.6 Å². The summed E-state index contributed by atoms with van der Waals surface area (Å²) < 4.78 is 0. The largest absolute Gasteiger partial charge is 0.543 e. The number of nitrogens with one attached hydrogen (secondary N) is 1. The van der Waals surface area contributed by atoms with Gasteiger partial charge in [0.15, 0.2) is 0 Å². The molecule has 1 aromatic rings. The molecular formula is C14H23ClN4O2. The van der Waals surface area contributed by atoms with Gasteiger partial charge in [0.1, 0.15) is 22.4 Å². The first-order valence-electron chi connectivity index (χ1n) is 7.32. The SMILES string of the molecule is CC[NH+](CC)CC.Nc1nc(C2CC2)nc(C(=O)[O-])c1Cl. The minimum Gasteiger partial charge on any atom is -0.543 e.